The Morgan fingerprint density at radius 3 is 1.32 bits per heavy atom. The molecule has 106 valence electrons. The van der Waals surface area contributed by atoms with Gasteiger partial charge in [-0.05, 0) is 0 Å². The Kier molecular flexibility index (Phi) is 6.34. The van der Waals surface area contributed by atoms with Crippen molar-refractivity contribution in [2.24, 2.45) is 0 Å². The molecule has 1 aliphatic heterocycles. The predicted molar refractivity (Wildman–Crippen MR) is 65.9 cm³/mol. The molecule has 4 amide bonds. The van der Waals surface area contributed by atoms with E-state index in [1.54, 1.807) is 0 Å². The van der Waals surface area contributed by atoms with Crippen molar-refractivity contribution in [2.45, 2.75) is 19.3 Å². The first-order valence-corrected chi connectivity index (χ1v) is 6.14. The molecule has 4 N–H and O–H groups in total. The van der Waals surface area contributed by atoms with Crippen molar-refractivity contribution in [1.82, 2.24) is 21.3 Å². The first kappa shape index (κ1) is 14.9. The zero-order valence-corrected chi connectivity index (χ0v) is 10.6. The van der Waals surface area contributed by atoms with Gasteiger partial charge in [-0.1, -0.05) is 0 Å². The molecule has 19 heavy (non-hydrogen) atoms. The summed E-state index contributed by atoms with van der Waals surface area (Å²) in [5.41, 5.74) is 0. The number of amides is 4. The number of hydrogen-bond acceptors (Lipinski definition) is 4. The van der Waals surface area contributed by atoms with E-state index in [4.69, 9.17) is 0 Å². The monoisotopic (exact) mass is 270 g/mol. The van der Waals surface area contributed by atoms with Crippen LogP contribution < -0.4 is 21.3 Å². The molecule has 0 unspecified atom stereocenters. The molecular formula is C11H18N4O4. The molecule has 1 aliphatic rings. The Morgan fingerprint density at radius 2 is 0.895 bits per heavy atom. The van der Waals surface area contributed by atoms with Crippen molar-refractivity contribution < 1.29 is 19.2 Å². The van der Waals surface area contributed by atoms with Gasteiger partial charge in [-0.2, -0.15) is 0 Å². The van der Waals surface area contributed by atoms with Crippen LogP contribution in [0, 0.1) is 0 Å². The summed E-state index contributed by atoms with van der Waals surface area (Å²) in [7, 11) is 0. The molecule has 0 aliphatic carbocycles. The van der Waals surface area contributed by atoms with Crippen LogP contribution in [0.5, 0.6) is 0 Å². The van der Waals surface area contributed by atoms with E-state index >= 15 is 0 Å². The quantitative estimate of drug-likeness (QED) is 0.368. The van der Waals surface area contributed by atoms with Crippen LogP contribution in [0.1, 0.15) is 19.3 Å². The van der Waals surface area contributed by atoms with Gasteiger partial charge < -0.3 is 21.3 Å². The minimum absolute atomic E-state index is 0.140. The molecule has 8 nitrogen and oxygen atoms in total. The van der Waals surface area contributed by atoms with E-state index in [1.807, 2.05) is 0 Å². The molecule has 1 heterocycles. The van der Waals surface area contributed by atoms with Crippen molar-refractivity contribution in [1.29, 1.82) is 0 Å². The number of hydrogen-bond donors (Lipinski definition) is 4. The van der Waals surface area contributed by atoms with Crippen molar-refractivity contribution in [2.75, 3.05) is 26.2 Å². The van der Waals surface area contributed by atoms with Crippen LogP contribution in [0.3, 0.4) is 0 Å². The molecule has 0 bridgehead atoms. The minimum Gasteiger partial charge on any atom is -0.355 e. The van der Waals surface area contributed by atoms with Gasteiger partial charge in [0.1, 0.15) is 6.42 Å². The highest BCUT2D eigenvalue weighted by atomic mass is 16.2. The summed E-state index contributed by atoms with van der Waals surface area (Å²) < 4.78 is 0. The van der Waals surface area contributed by atoms with Crippen LogP contribution >= 0.6 is 0 Å². The topological polar surface area (TPSA) is 116 Å². The van der Waals surface area contributed by atoms with Crippen molar-refractivity contribution in [3.05, 3.63) is 0 Å². The van der Waals surface area contributed by atoms with E-state index in [2.05, 4.69) is 21.3 Å². The molecule has 0 aromatic heterocycles. The number of nitrogens with one attached hydrogen (secondary N) is 4. The van der Waals surface area contributed by atoms with Crippen molar-refractivity contribution in [3.63, 3.8) is 0 Å². The SMILES string of the molecule is O=C1CCNC(=O)CC(=O)NCCC(=O)NCCN1. The highest BCUT2D eigenvalue weighted by Gasteiger charge is 2.11. The van der Waals surface area contributed by atoms with Crippen molar-refractivity contribution in [3.8, 4) is 0 Å². The maximum absolute atomic E-state index is 11.3. The van der Waals surface area contributed by atoms with E-state index in [9.17, 15) is 19.2 Å². The summed E-state index contributed by atoms with van der Waals surface area (Å²) in [6, 6.07) is 0. The zero-order chi connectivity index (χ0) is 14.1. The average molecular weight is 270 g/mol. The summed E-state index contributed by atoms with van der Waals surface area (Å²) in [4.78, 5) is 45.3. The fourth-order valence-electron chi connectivity index (χ4n) is 1.48. The summed E-state index contributed by atoms with van der Waals surface area (Å²) in [5, 5.41) is 10.2. The van der Waals surface area contributed by atoms with E-state index in [0.717, 1.165) is 0 Å². The van der Waals surface area contributed by atoms with Crippen LogP contribution in [0.15, 0.2) is 0 Å². The number of rotatable bonds is 0. The molecule has 0 radical (unpaired) electrons. The first-order valence-electron chi connectivity index (χ1n) is 6.14. The molecule has 0 aromatic carbocycles. The maximum atomic E-state index is 11.3. The van der Waals surface area contributed by atoms with Gasteiger partial charge in [-0.3, -0.25) is 19.2 Å². The highest BCUT2D eigenvalue weighted by Crippen LogP contribution is 1.85. The molecule has 0 atom stereocenters. The normalized spacial score (nSPS) is 20.2. The second-order valence-corrected chi connectivity index (χ2v) is 4.08. The van der Waals surface area contributed by atoms with Gasteiger partial charge in [-0.15, -0.1) is 0 Å². The molecule has 0 saturated carbocycles. The smallest absolute Gasteiger partial charge is 0.229 e. The minimum atomic E-state index is -0.440. The molecule has 8 heteroatoms. The number of carbonyl (C=O) groups excluding carboxylic acids is 4. The summed E-state index contributed by atoms with van der Waals surface area (Å²) in [5.74, 6) is -1.31. The van der Waals surface area contributed by atoms with E-state index in [-0.39, 0.29) is 44.2 Å². The van der Waals surface area contributed by atoms with E-state index < -0.39 is 11.8 Å². The van der Waals surface area contributed by atoms with Gasteiger partial charge in [0, 0.05) is 39.0 Å². The molecule has 1 fully saturated rings. The van der Waals surface area contributed by atoms with Gasteiger partial charge >= 0.3 is 0 Å². The van der Waals surface area contributed by atoms with Crippen molar-refractivity contribution >= 4 is 23.6 Å². The Morgan fingerprint density at radius 1 is 0.526 bits per heavy atom. The third-order valence-corrected chi connectivity index (χ3v) is 2.44. The maximum Gasteiger partial charge on any atom is 0.229 e. The second-order valence-electron chi connectivity index (χ2n) is 4.08. The van der Waals surface area contributed by atoms with Crippen LogP contribution in [-0.4, -0.2) is 49.8 Å². The lowest BCUT2D eigenvalue weighted by Crippen LogP contribution is -2.36. The third kappa shape index (κ3) is 7.02. The molecule has 1 saturated heterocycles. The van der Waals surface area contributed by atoms with Gasteiger partial charge in [0.15, 0.2) is 0 Å². The predicted octanol–water partition coefficient (Wildman–Crippen LogP) is -2.36. The highest BCUT2D eigenvalue weighted by molar-refractivity contribution is 5.97. The zero-order valence-electron chi connectivity index (χ0n) is 10.6. The summed E-state index contributed by atoms with van der Waals surface area (Å²) >= 11 is 0. The van der Waals surface area contributed by atoms with Crippen LogP contribution in [0.4, 0.5) is 0 Å². The summed E-state index contributed by atoms with van der Waals surface area (Å²) in [6.45, 7) is 1.05. The molecule has 1 rings (SSSR count). The lowest BCUT2D eigenvalue weighted by molar-refractivity contribution is -0.129. The fourth-order valence-corrected chi connectivity index (χ4v) is 1.48. The Labute approximate surface area is 110 Å². The van der Waals surface area contributed by atoms with Crippen LogP contribution in [-0.2, 0) is 19.2 Å². The Balaban J connectivity index is 2.46. The van der Waals surface area contributed by atoms with Crippen LogP contribution in [0.25, 0.3) is 0 Å². The first-order chi connectivity index (χ1) is 9.08. The molecule has 0 spiro atoms. The van der Waals surface area contributed by atoms with Gasteiger partial charge in [0.25, 0.3) is 0 Å². The number of carbonyl (C=O) groups is 4. The third-order valence-electron chi connectivity index (χ3n) is 2.44. The lowest BCUT2D eigenvalue weighted by atomic mass is 10.3. The van der Waals surface area contributed by atoms with Crippen LogP contribution in [0.2, 0.25) is 0 Å². The largest absolute Gasteiger partial charge is 0.355 e. The van der Waals surface area contributed by atoms with E-state index in [0.29, 0.717) is 13.1 Å². The Hall–Kier alpha value is -2.12. The van der Waals surface area contributed by atoms with Gasteiger partial charge in [-0.25, -0.2) is 0 Å². The average Bonchev–Trinajstić information content (AvgIpc) is 2.34. The van der Waals surface area contributed by atoms with Gasteiger partial charge in [0.05, 0.1) is 0 Å². The lowest BCUT2D eigenvalue weighted by Gasteiger charge is -2.06. The van der Waals surface area contributed by atoms with E-state index in [1.165, 1.54) is 0 Å². The molecule has 0 aromatic rings. The molecular weight excluding hydrogens is 252 g/mol. The standard InChI is InChI=1S/C11H18N4O4/c16-8-1-3-12-10(18)7-11(19)13-4-2-9(17)15-6-5-14-8/h1-7H2,(H,12,18)(H,13,19)(H,14,16)(H,15,17). The fraction of sp³-hybridized carbons (Fsp3) is 0.636. The summed E-state index contributed by atoms with van der Waals surface area (Å²) in [6.07, 6.45) is -0.0220. The van der Waals surface area contributed by atoms with Gasteiger partial charge in [0.2, 0.25) is 23.6 Å². The Bertz CT molecular complexity index is 336. The second kappa shape index (κ2) is 8.06.